The minimum absolute atomic E-state index is 0.0332. The van der Waals surface area contributed by atoms with Crippen LogP contribution in [0.3, 0.4) is 0 Å². The van der Waals surface area contributed by atoms with Crippen LogP contribution in [0.4, 0.5) is 0 Å². The second kappa shape index (κ2) is 8.28. The van der Waals surface area contributed by atoms with Crippen LogP contribution in [0, 0.1) is 0 Å². The third-order valence-electron chi connectivity index (χ3n) is 3.64. The molecule has 0 bridgehead atoms. The molecule has 0 saturated carbocycles. The summed E-state index contributed by atoms with van der Waals surface area (Å²) in [6, 6.07) is 9.12. The van der Waals surface area contributed by atoms with Gasteiger partial charge >= 0.3 is 0 Å². The first kappa shape index (κ1) is 17.7. The van der Waals surface area contributed by atoms with Crippen LogP contribution >= 0.6 is 0 Å². The van der Waals surface area contributed by atoms with Gasteiger partial charge in [-0.3, -0.25) is 4.79 Å². The molecule has 1 fully saturated rings. The fourth-order valence-electron chi connectivity index (χ4n) is 2.29. The normalized spacial score (nSPS) is 16.3. The molecular formula is C15H22N2O5S. The predicted molar refractivity (Wildman–Crippen MR) is 85.8 cm³/mol. The zero-order chi connectivity index (χ0) is 16.7. The number of piperazine rings is 1. The van der Waals surface area contributed by atoms with Crippen molar-refractivity contribution in [1.29, 1.82) is 0 Å². The summed E-state index contributed by atoms with van der Waals surface area (Å²) in [7, 11) is -1.84. The summed E-state index contributed by atoms with van der Waals surface area (Å²) >= 11 is 0. The van der Waals surface area contributed by atoms with Gasteiger partial charge in [0.05, 0.1) is 12.4 Å². The van der Waals surface area contributed by atoms with Gasteiger partial charge in [-0.15, -0.1) is 0 Å². The van der Waals surface area contributed by atoms with E-state index in [-0.39, 0.29) is 24.9 Å². The highest BCUT2D eigenvalue weighted by atomic mass is 32.2. The van der Waals surface area contributed by atoms with E-state index in [1.165, 1.54) is 11.4 Å². The molecule has 0 radical (unpaired) electrons. The Kier molecular flexibility index (Phi) is 6.37. The van der Waals surface area contributed by atoms with E-state index < -0.39 is 10.0 Å². The molecule has 128 valence electrons. The molecule has 0 N–H and O–H groups in total. The average molecular weight is 342 g/mol. The van der Waals surface area contributed by atoms with E-state index in [0.29, 0.717) is 31.9 Å². The Balaban J connectivity index is 1.78. The third-order valence-corrected chi connectivity index (χ3v) is 5.47. The van der Waals surface area contributed by atoms with Gasteiger partial charge in [0.1, 0.15) is 5.75 Å². The highest BCUT2D eigenvalue weighted by Crippen LogP contribution is 2.11. The molecule has 23 heavy (non-hydrogen) atoms. The number of hydrogen-bond donors (Lipinski definition) is 0. The van der Waals surface area contributed by atoms with Crippen molar-refractivity contribution in [2.75, 3.05) is 52.3 Å². The molecule has 1 aromatic rings. The third kappa shape index (κ3) is 5.19. The summed E-state index contributed by atoms with van der Waals surface area (Å²) in [6.45, 7) is 1.51. The van der Waals surface area contributed by atoms with E-state index in [4.69, 9.17) is 9.47 Å². The Morgan fingerprint density at radius 2 is 1.78 bits per heavy atom. The average Bonchev–Trinajstić information content (AvgIpc) is 2.59. The van der Waals surface area contributed by atoms with E-state index in [1.807, 2.05) is 18.2 Å². The smallest absolute Gasteiger partial charge is 0.260 e. The summed E-state index contributed by atoms with van der Waals surface area (Å²) in [5.41, 5.74) is 0. The number of amides is 1. The number of ether oxygens (including phenoxy) is 2. The molecule has 1 aliphatic heterocycles. The second-order valence-corrected chi connectivity index (χ2v) is 7.28. The number of rotatable bonds is 7. The minimum atomic E-state index is -3.31. The summed E-state index contributed by atoms with van der Waals surface area (Å²) < 4.78 is 35.8. The van der Waals surface area contributed by atoms with Crippen molar-refractivity contribution in [3.63, 3.8) is 0 Å². The number of carbonyl (C=O) groups is 1. The first-order valence-electron chi connectivity index (χ1n) is 7.45. The Labute approximate surface area is 136 Å². The number of carbonyl (C=O) groups excluding carboxylic acids is 1. The van der Waals surface area contributed by atoms with Crippen molar-refractivity contribution >= 4 is 15.9 Å². The lowest BCUT2D eigenvalue weighted by molar-refractivity contribution is -0.134. The summed E-state index contributed by atoms with van der Waals surface area (Å²) in [4.78, 5) is 13.7. The molecule has 0 aromatic heterocycles. The lowest BCUT2D eigenvalue weighted by atomic mass is 10.3. The van der Waals surface area contributed by atoms with Crippen LogP contribution < -0.4 is 4.74 Å². The van der Waals surface area contributed by atoms with Gasteiger partial charge in [-0.25, -0.2) is 8.42 Å². The van der Waals surface area contributed by atoms with Gasteiger partial charge in [0.15, 0.2) is 6.61 Å². The molecule has 2 rings (SSSR count). The highest BCUT2D eigenvalue weighted by molar-refractivity contribution is 7.89. The van der Waals surface area contributed by atoms with E-state index in [1.54, 1.807) is 17.0 Å². The van der Waals surface area contributed by atoms with Crippen molar-refractivity contribution in [1.82, 2.24) is 9.21 Å². The van der Waals surface area contributed by atoms with Crippen LogP contribution in [0.15, 0.2) is 30.3 Å². The molecule has 7 nitrogen and oxygen atoms in total. The number of para-hydroxylation sites is 1. The molecule has 1 amide bonds. The van der Waals surface area contributed by atoms with Crippen LogP contribution in [0.25, 0.3) is 0 Å². The highest BCUT2D eigenvalue weighted by Gasteiger charge is 2.28. The molecule has 0 spiro atoms. The molecule has 0 atom stereocenters. The fraction of sp³-hybridized carbons (Fsp3) is 0.533. The topological polar surface area (TPSA) is 76.2 Å². The van der Waals surface area contributed by atoms with Crippen LogP contribution in [0.2, 0.25) is 0 Å². The van der Waals surface area contributed by atoms with Crippen LogP contribution in [0.1, 0.15) is 0 Å². The van der Waals surface area contributed by atoms with Gasteiger partial charge in [0.2, 0.25) is 10.0 Å². The van der Waals surface area contributed by atoms with Gasteiger partial charge in [-0.1, -0.05) is 18.2 Å². The van der Waals surface area contributed by atoms with Gasteiger partial charge in [-0.2, -0.15) is 4.31 Å². The molecular weight excluding hydrogens is 320 g/mol. The lowest BCUT2D eigenvalue weighted by Gasteiger charge is -2.33. The number of benzene rings is 1. The Hall–Kier alpha value is -1.64. The van der Waals surface area contributed by atoms with Crippen LogP contribution in [-0.4, -0.2) is 75.8 Å². The second-order valence-electron chi connectivity index (χ2n) is 5.19. The maximum absolute atomic E-state index is 12.1. The van der Waals surface area contributed by atoms with Gasteiger partial charge in [-0.05, 0) is 12.1 Å². The molecule has 0 unspecified atom stereocenters. The number of hydrogen-bond acceptors (Lipinski definition) is 5. The maximum Gasteiger partial charge on any atom is 0.260 e. The largest absolute Gasteiger partial charge is 0.484 e. The van der Waals surface area contributed by atoms with Crippen molar-refractivity contribution in [2.45, 2.75) is 0 Å². The van der Waals surface area contributed by atoms with Gasteiger partial charge in [0.25, 0.3) is 5.91 Å². The Morgan fingerprint density at radius 3 is 2.39 bits per heavy atom. The van der Waals surface area contributed by atoms with Crippen molar-refractivity contribution in [3.8, 4) is 5.75 Å². The summed E-state index contributed by atoms with van der Waals surface area (Å²) in [5, 5.41) is 0. The van der Waals surface area contributed by atoms with E-state index in [2.05, 4.69) is 0 Å². The monoisotopic (exact) mass is 342 g/mol. The SMILES string of the molecule is COCCS(=O)(=O)N1CCN(C(=O)COc2ccccc2)CC1. The zero-order valence-electron chi connectivity index (χ0n) is 13.2. The first-order valence-corrected chi connectivity index (χ1v) is 9.06. The van der Waals surface area contributed by atoms with E-state index in [0.717, 1.165) is 0 Å². The van der Waals surface area contributed by atoms with Gasteiger partial charge in [0, 0.05) is 33.3 Å². The molecule has 8 heteroatoms. The fourth-order valence-corrected chi connectivity index (χ4v) is 3.64. The van der Waals surface area contributed by atoms with Gasteiger partial charge < -0.3 is 14.4 Å². The molecule has 1 saturated heterocycles. The standard InChI is InChI=1S/C15H22N2O5S/c1-21-11-12-23(19,20)17-9-7-16(8-10-17)15(18)13-22-14-5-3-2-4-6-14/h2-6H,7-13H2,1H3. The molecule has 1 aliphatic rings. The number of sulfonamides is 1. The predicted octanol–water partition coefficient (Wildman–Crippen LogP) is 0.186. The zero-order valence-corrected chi connectivity index (χ0v) is 14.0. The minimum Gasteiger partial charge on any atom is -0.484 e. The molecule has 1 heterocycles. The molecule has 0 aliphatic carbocycles. The first-order chi connectivity index (χ1) is 11.0. The lowest BCUT2D eigenvalue weighted by Crippen LogP contribution is -2.52. The van der Waals surface area contributed by atoms with E-state index in [9.17, 15) is 13.2 Å². The maximum atomic E-state index is 12.1. The van der Waals surface area contributed by atoms with E-state index >= 15 is 0 Å². The van der Waals surface area contributed by atoms with Crippen molar-refractivity contribution < 1.29 is 22.7 Å². The quantitative estimate of drug-likeness (QED) is 0.707. The number of methoxy groups -OCH3 is 1. The van der Waals surface area contributed by atoms with Crippen molar-refractivity contribution in [3.05, 3.63) is 30.3 Å². The Morgan fingerprint density at radius 1 is 1.13 bits per heavy atom. The summed E-state index contributed by atoms with van der Waals surface area (Å²) in [6.07, 6.45) is 0. The van der Waals surface area contributed by atoms with Crippen molar-refractivity contribution in [2.24, 2.45) is 0 Å². The number of nitrogens with zero attached hydrogens (tertiary/aromatic N) is 2. The summed E-state index contributed by atoms with van der Waals surface area (Å²) in [5.74, 6) is 0.471. The Bertz CT molecular complexity index is 598. The van der Waals surface area contributed by atoms with Crippen LogP contribution in [-0.2, 0) is 19.6 Å². The molecule has 1 aromatic carbocycles. The van der Waals surface area contributed by atoms with Crippen LogP contribution in [0.5, 0.6) is 5.75 Å².